The molecule has 1 unspecified atom stereocenters. The van der Waals surface area contributed by atoms with E-state index in [0.717, 1.165) is 49.2 Å². The average molecular weight is 488 g/mol. The number of benzene rings is 1. The number of hydrogen-bond donors (Lipinski definition) is 1. The van der Waals surface area contributed by atoms with E-state index in [1.165, 1.54) is 36.5 Å². The van der Waals surface area contributed by atoms with Gasteiger partial charge in [0.15, 0.2) is 5.88 Å². The molecule has 2 aliphatic heterocycles. The lowest BCUT2D eigenvalue weighted by Gasteiger charge is -2.39. The van der Waals surface area contributed by atoms with E-state index in [-0.39, 0.29) is 11.9 Å². The number of carbonyl (C=O) groups is 1. The van der Waals surface area contributed by atoms with Gasteiger partial charge >= 0.3 is 0 Å². The molecule has 1 aliphatic carbocycles. The van der Waals surface area contributed by atoms with Crippen LogP contribution in [-0.4, -0.2) is 53.9 Å². The second kappa shape index (κ2) is 10.3. The lowest BCUT2D eigenvalue weighted by molar-refractivity contribution is -0.128. The van der Waals surface area contributed by atoms with E-state index >= 15 is 0 Å². The second-order valence-corrected chi connectivity index (χ2v) is 10.2. The number of fused-ring (bicyclic) bond motifs is 1. The Hall–Kier alpha value is -3.32. The Labute approximate surface area is 214 Å². The molecule has 1 amide bonds. The van der Waals surface area contributed by atoms with Gasteiger partial charge in [0.1, 0.15) is 12.4 Å². The van der Waals surface area contributed by atoms with Crippen molar-refractivity contribution in [2.45, 2.75) is 44.9 Å². The fraction of sp³-hybridized carbons (Fsp3) is 0.448. The van der Waals surface area contributed by atoms with Crippen LogP contribution in [0, 0.1) is 5.92 Å². The molecule has 1 aromatic carbocycles. The molecular weight excluding hydrogens is 450 g/mol. The summed E-state index contributed by atoms with van der Waals surface area (Å²) >= 11 is 0. The molecule has 0 spiro atoms. The number of anilines is 2. The number of ether oxygens (including phenoxy) is 1. The van der Waals surface area contributed by atoms with Crippen LogP contribution >= 0.6 is 0 Å². The number of carbonyl (C=O) groups excluding carboxylic acids is 1. The van der Waals surface area contributed by atoms with Gasteiger partial charge in [-0.2, -0.15) is 0 Å². The highest BCUT2D eigenvalue weighted by molar-refractivity contribution is 5.87. The third-order valence-electron chi connectivity index (χ3n) is 7.77. The number of hydrogen-bond acceptors (Lipinski definition) is 6. The van der Waals surface area contributed by atoms with Gasteiger partial charge in [0.2, 0.25) is 5.91 Å². The van der Waals surface area contributed by atoms with E-state index in [2.05, 4.69) is 65.6 Å². The third-order valence-corrected chi connectivity index (χ3v) is 7.77. The van der Waals surface area contributed by atoms with Crippen molar-refractivity contribution in [2.24, 2.45) is 5.92 Å². The molecule has 2 atom stereocenters. The fourth-order valence-corrected chi connectivity index (χ4v) is 5.23. The van der Waals surface area contributed by atoms with E-state index < -0.39 is 0 Å². The smallest absolute Gasteiger partial charge is 0.246 e. The maximum Gasteiger partial charge on any atom is 0.246 e. The molecule has 1 N–H and O–H groups in total. The Bertz CT molecular complexity index is 1120. The van der Waals surface area contributed by atoms with Crippen LogP contribution < -0.4 is 10.2 Å². The van der Waals surface area contributed by atoms with Crippen LogP contribution in [0.4, 0.5) is 11.5 Å². The lowest BCUT2D eigenvalue weighted by atomic mass is 9.96. The molecule has 7 heteroatoms. The minimum atomic E-state index is 0.0394. The zero-order valence-corrected chi connectivity index (χ0v) is 21.4. The third kappa shape index (κ3) is 5.26. The van der Waals surface area contributed by atoms with Crippen molar-refractivity contribution in [1.29, 1.82) is 0 Å². The summed E-state index contributed by atoms with van der Waals surface area (Å²) in [5.41, 5.74) is 4.73. The maximum absolute atomic E-state index is 12.0. The van der Waals surface area contributed by atoms with Crippen LogP contribution in [0.5, 0.6) is 0 Å². The van der Waals surface area contributed by atoms with E-state index in [9.17, 15) is 4.79 Å². The van der Waals surface area contributed by atoms with Crippen molar-refractivity contribution in [3.8, 4) is 0 Å². The van der Waals surface area contributed by atoms with Crippen LogP contribution in [0.3, 0.4) is 0 Å². The zero-order chi connectivity index (χ0) is 25.2. The SMILES string of the molecule is C=CC(=O)N1CCN(C(CC2CC2)c2ccc([C@H](C)Nc3cc4c(cn3)COC(=C)N4C)cc2)CC1. The minimum absolute atomic E-state index is 0.0394. The molecule has 1 aromatic heterocycles. The Morgan fingerprint density at radius 1 is 1.19 bits per heavy atom. The van der Waals surface area contributed by atoms with Gasteiger partial charge in [-0.1, -0.05) is 43.7 Å². The predicted molar refractivity (Wildman–Crippen MR) is 143 cm³/mol. The molecule has 5 rings (SSSR count). The van der Waals surface area contributed by atoms with Crippen molar-refractivity contribution in [1.82, 2.24) is 14.8 Å². The summed E-state index contributed by atoms with van der Waals surface area (Å²) in [5, 5.41) is 3.55. The van der Waals surface area contributed by atoms with Gasteiger partial charge in [-0.3, -0.25) is 9.69 Å². The van der Waals surface area contributed by atoms with Gasteiger partial charge in [-0.25, -0.2) is 4.98 Å². The zero-order valence-electron chi connectivity index (χ0n) is 21.4. The Kier molecular flexibility index (Phi) is 7.01. The molecule has 1 saturated carbocycles. The van der Waals surface area contributed by atoms with Crippen LogP contribution in [0.15, 0.2) is 61.6 Å². The maximum atomic E-state index is 12.0. The molecule has 1 saturated heterocycles. The largest absolute Gasteiger partial charge is 0.474 e. The predicted octanol–water partition coefficient (Wildman–Crippen LogP) is 4.86. The van der Waals surface area contributed by atoms with Crippen LogP contribution in [-0.2, 0) is 16.1 Å². The summed E-state index contributed by atoms with van der Waals surface area (Å²) in [6.45, 7) is 13.6. The highest BCUT2D eigenvalue weighted by Crippen LogP contribution is 2.40. The first-order valence-corrected chi connectivity index (χ1v) is 13.0. The van der Waals surface area contributed by atoms with E-state index in [4.69, 9.17) is 4.74 Å². The van der Waals surface area contributed by atoms with Crippen LogP contribution in [0.25, 0.3) is 0 Å². The number of aromatic nitrogens is 1. The first-order valence-electron chi connectivity index (χ1n) is 13.0. The van der Waals surface area contributed by atoms with Crippen LogP contribution in [0.1, 0.15) is 55.0 Å². The van der Waals surface area contributed by atoms with Crippen molar-refractivity contribution >= 4 is 17.4 Å². The molecule has 36 heavy (non-hydrogen) atoms. The second-order valence-electron chi connectivity index (χ2n) is 10.2. The number of pyridine rings is 1. The topological polar surface area (TPSA) is 60.9 Å². The Morgan fingerprint density at radius 2 is 1.89 bits per heavy atom. The standard InChI is InChI=1S/C29H37N5O2/c1-5-29(35)34-14-12-33(13-15-34)27(16-22-6-7-22)24-10-8-23(9-11-24)20(2)31-28-17-26-25(18-30-28)19-36-21(3)32(26)4/h5,8-11,17-18,20,22,27H,1,3,6-7,12-16,19H2,2,4H3,(H,30,31)/t20-,27?/m0/s1. The Morgan fingerprint density at radius 3 is 2.56 bits per heavy atom. The van der Waals surface area contributed by atoms with Crippen molar-refractivity contribution in [2.75, 3.05) is 43.4 Å². The van der Waals surface area contributed by atoms with Gasteiger partial charge < -0.3 is 19.9 Å². The highest BCUT2D eigenvalue weighted by Gasteiger charge is 2.32. The fourth-order valence-electron chi connectivity index (χ4n) is 5.23. The first-order chi connectivity index (χ1) is 17.4. The van der Waals surface area contributed by atoms with E-state index in [1.54, 1.807) is 0 Å². The Balaban J connectivity index is 1.26. The number of amides is 1. The first kappa shape index (κ1) is 24.4. The molecule has 3 aliphatic rings. The molecule has 0 radical (unpaired) electrons. The van der Waals surface area contributed by atoms with Crippen molar-refractivity contribution in [3.63, 3.8) is 0 Å². The molecule has 0 bridgehead atoms. The number of nitrogens with zero attached hydrogens (tertiary/aromatic N) is 4. The highest BCUT2D eigenvalue weighted by atomic mass is 16.5. The molecule has 7 nitrogen and oxygen atoms in total. The summed E-state index contributed by atoms with van der Waals surface area (Å²) in [6.07, 6.45) is 7.18. The molecular formula is C29H37N5O2. The molecule has 3 heterocycles. The number of piperazine rings is 1. The number of nitrogens with one attached hydrogen (secondary N) is 1. The average Bonchev–Trinajstić information content (AvgIpc) is 3.74. The van der Waals surface area contributed by atoms with Crippen molar-refractivity contribution < 1.29 is 9.53 Å². The van der Waals surface area contributed by atoms with E-state index in [0.29, 0.717) is 18.5 Å². The normalized spacial score (nSPS) is 19.8. The minimum Gasteiger partial charge on any atom is -0.474 e. The number of rotatable bonds is 8. The molecule has 2 fully saturated rings. The van der Waals surface area contributed by atoms with Gasteiger partial charge in [-0.15, -0.1) is 0 Å². The van der Waals surface area contributed by atoms with Gasteiger partial charge in [0.05, 0.1) is 5.69 Å². The summed E-state index contributed by atoms with van der Waals surface area (Å²) in [4.78, 5) is 23.0. The monoisotopic (exact) mass is 487 g/mol. The van der Waals surface area contributed by atoms with E-state index in [1.807, 2.05) is 23.0 Å². The quantitative estimate of drug-likeness (QED) is 0.537. The summed E-state index contributed by atoms with van der Waals surface area (Å²) in [7, 11) is 1.96. The van der Waals surface area contributed by atoms with Gasteiger partial charge in [0, 0.05) is 63.1 Å². The summed E-state index contributed by atoms with van der Waals surface area (Å²) < 4.78 is 5.58. The summed E-state index contributed by atoms with van der Waals surface area (Å²) in [5.74, 6) is 2.36. The summed E-state index contributed by atoms with van der Waals surface area (Å²) in [6, 6.07) is 11.7. The molecule has 190 valence electrons. The van der Waals surface area contributed by atoms with Gasteiger partial charge in [0.25, 0.3) is 0 Å². The lowest BCUT2D eigenvalue weighted by Crippen LogP contribution is -2.49. The van der Waals surface area contributed by atoms with Crippen LogP contribution in [0.2, 0.25) is 0 Å². The van der Waals surface area contributed by atoms with Crippen molar-refractivity contribution in [3.05, 3.63) is 78.3 Å². The molecule has 2 aromatic rings. The van der Waals surface area contributed by atoms with Gasteiger partial charge in [-0.05, 0) is 43.0 Å².